The Morgan fingerprint density at radius 1 is 1.67 bits per heavy atom. The summed E-state index contributed by atoms with van der Waals surface area (Å²) in [5, 5.41) is 5.44. The zero-order valence-electron chi connectivity index (χ0n) is 7.25. The van der Waals surface area contributed by atoms with Crippen molar-refractivity contribution in [1.82, 2.24) is 10.3 Å². The highest BCUT2D eigenvalue weighted by Crippen LogP contribution is 2.00. The maximum atomic E-state index is 4.18. The minimum absolute atomic E-state index is 0.915. The molecule has 1 aromatic heterocycles. The Balaban J connectivity index is 1.96. The molecule has 0 aromatic carbocycles. The monoisotopic (exact) mass is 202 g/mol. The maximum Gasteiger partial charge on any atom is 0.0795 e. The van der Waals surface area contributed by atoms with Crippen molar-refractivity contribution < 1.29 is 0 Å². The normalized spacial score (nSPS) is 10.4. The number of nitrogens with one attached hydrogen (secondary N) is 1. The highest BCUT2D eigenvalue weighted by atomic mass is 32.2. The van der Waals surface area contributed by atoms with Gasteiger partial charge in [-0.2, -0.15) is 11.8 Å². The van der Waals surface area contributed by atoms with E-state index in [0.717, 1.165) is 18.8 Å². The Morgan fingerprint density at radius 2 is 2.58 bits per heavy atom. The molecular weight excluding hydrogens is 188 g/mol. The second-order valence-corrected chi connectivity index (χ2v) is 4.21. The average molecular weight is 202 g/mol. The molecule has 0 aliphatic carbocycles. The molecule has 0 aliphatic rings. The van der Waals surface area contributed by atoms with Crippen molar-refractivity contribution in [3.8, 4) is 0 Å². The van der Waals surface area contributed by atoms with Crippen molar-refractivity contribution in [3.63, 3.8) is 0 Å². The number of thioether (sulfide) groups is 1. The van der Waals surface area contributed by atoms with Crippen molar-refractivity contribution in [2.24, 2.45) is 0 Å². The van der Waals surface area contributed by atoms with Gasteiger partial charge in [0.2, 0.25) is 0 Å². The van der Waals surface area contributed by atoms with E-state index in [1.54, 1.807) is 11.3 Å². The van der Waals surface area contributed by atoms with Gasteiger partial charge < -0.3 is 5.32 Å². The molecule has 0 saturated heterocycles. The van der Waals surface area contributed by atoms with E-state index in [2.05, 4.69) is 21.9 Å². The first-order valence-electron chi connectivity index (χ1n) is 4.00. The molecule has 1 heterocycles. The molecule has 2 nitrogen and oxygen atoms in total. The first kappa shape index (κ1) is 10.0. The van der Waals surface area contributed by atoms with E-state index < -0.39 is 0 Å². The van der Waals surface area contributed by atoms with Crippen LogP contribution in [0.3, 0.4) is 0 Å². The summed E-state index contributed by atoms with van der Waals surface area (Å²) in [5.74, 6) is 1.24. The molecule has 0 amide bonds. The van der Waals surface area contributed by atoms with Gasteiger partial charge in [-0.25, -0.2) is 4.98 Å². The van der Waals surface area contributed by atoms with Gasteiger partial charge in [0.25, 0.3) is 0 Å². The number of hydrogen-bond donors (Lipinski definition) is 1. The highest BCUT2D eigenvalue weighted by molar-refractivity contribution is 7.98. The maximum absolute atomic E-state index is 4.18. The minimum atomic E-state index is 0.915. The van der Waals surface area contributed by atoms with Crippen LogP contribution in [0.5, 0.6) is 0 Å². The number of hydrogen-bond acceptors (Lipinski definition) is 4. The molecule has 0 aliphatic heterocycles. The van der Waals surface area contributed by atoms with Crippen LogP contribution in [0.1, 0.15) is 12.1 Å². The van der Waals surface area contributed by atoms with E-state index >= 15 is 0 Å². The van der Waals surface area contributed by atoms with Gasteiger partial charge in [-0.05, 0) is 25.0 Å². The molecule has 0 radical (unpaired) electrons. The van der Waals surface area contributed by atoms with E-state index in [0.29, 0.717) is 0 Å². The second kappa shape index (κ2) is 6.46. The van der Waals surface area contributed by atoms with Gasteiger partial charge in [0.1, 0.15) is 0 Å². The Kier molecular flexibility index (Phi) is 5.39. The summed E-state index contributed by atoms with van der Waals surface area (Å²) in [6.45, 7) is 2.01. The van der Waals surface area contributed by atoms with Gasteiger partial charge in [0, 0.05) is 11.9 Å². The third-order valence-electron chi connectivity index (χ3n) is 1.49. The fourth-order valence-corrected chi connectivity index (χ4v) is 1.87. The first-order valence-corrected chi connectivity index (χ1v) is 6.34. The lowest BCUT2D eigenvalue weighted by atomic mass is 10.4. The molecule has 1 rings (SSSR count). The number of rotatable bonds is 6. The molecule has 1 N–H and O–H groups in total. The Hall–Kier alpha value is -0.0600. The number of aromatic nitrogens is 1. The fraction of sp³-hybridized carbons (Fsp3) is 0.625. The first-order chi connectivity index (χ1) is 5.93. The van der Waals surface area contributed by atoms with Gasteiger partial charge in [-0.15, -0.1) is 11.3 Å². The third kappa shape index (κ3) is 4.09. The van der Waals surface area contributed by atoms with Crippen LogP contribution in [0.2, 0.25) is 0 Å². The quantitative estimate of drug-likeness (QED) is 0.714. The Morgan fingerprint density at radius 3 is 3.25 bits per heavy atom. The summed E-state index contributed by atoms with van der Waals surface area (Å²) in [5.41, 5.74) is 3.03. The molecule has 12 heavy (non-hydrogen) atoms. The van der Waals surface area contributed by atoms with Crippen LogP contribution in [0, 0.1) is 0 Å². The van der Waals surface area contributed by atoms with E-state index in [-0.39, 0.29) is 0 Å². The topological polar surface area (TPSA) is 24.9 Å². The smallest absolute Gasteiger partial charge is 0.0795 e. The van der Waals surface area contributed by atoms with Gasteiger partial charge in [-0.1, -0.05) is 0 Å². The van der Waals surface area contributed by atoms with Crippen LogP contribution in [-0.4, -0.2) is 23.5 Å². The summed E-state index contributed by atoms with van der Waals surface area (Å²) in [4.78, 5) is 4.18. The van der Waals surface area contributed by atoms with Crippen molar-refractivity contribution in [3.05, 3.63) is 16.6 Å². The summed E-state index contributed by atoms with van der Waals surface area (Å²) >= 11 is 3.55. The predicted molar refractivity (Wildman–Crippen MR) is 56.8 cm³/mol. The van der Waals surface area contributed by atoms with E-state index in [4.69, 9.17) is 0 Å². The molecule has 0 atom stereocenters. The summed E-state index contributed by atoms with van der Waals surface area (Å²) in [7, 11) is 0. The molecule has 0 saturated carbocycles. The van der Waals surface area contributed by atoms with Gasteiger partial charge in [-0.3, -0.25) is 0 Å². The fourth-order valence-electron chi connectivity index (χ4n) is 0.883. The lowest BCUT2D eigenvalue weighted by molar-refractivity contribution is 0.670. The van der Waals surface area contributed by atoms with Crippen LogP contribution in [0.15, 0.2) is 10.9 Å². The largest absolute Gasteiger partial charge is 0.311 e. The third-order valence-corrected chi connectivity index (χ3v) is 2.82. The van der Waals surface area contributed by atoms with Crippen LogP contribution in [0.25, 0.3) is 0 Å². The van der Waals surface area contributed by atoms with Crippen LogP contribution >= 0.6 is 23.1 Å². The molecule has 0 bridgehead atoms. The zero-order valence-corrected chi connectivity index (χ0v) is 8.88. The lowest BCUT2D eigenvalue weighted by Gasteiger charge is -2.00. The van der Waals surface area contributed by atoms with Gasteiger partial charge >= 0.3 is 0 Å². The van der Waals surface area contributed by atoms with Crippen molar-refractivity contribution in [1.29, 1.82) is 0 Å². The summed E-state index contributed by atoms with van der Waals surface area (Å²) in [6.07, 6.45) is 3.38. The van der Waals surface area contributed by atoms with E-state index in [1.807, 2.05) is 17.3 Å². The highest BCUT2D eigenvalue weighted by Gasteiger charge is 1.92. The van der Waals surface area contributed by atoms with Gasteiger partial charge in [0.05, 0.1) is 11.2 Å². The van der Waals surface area contributed by atoms with E-state index in [9.17, 15) is 0 Å². The molecular formula is C8H14N2S2. The van der Waals surface area contributed by atoms with Crippen LogP contribution in [-0.2, 0) is 6.54 Å². The zero-order chi connectivity index (χ0) is 8.65. The minimum Gasteiger partial charge on any atom is -0.311 e. The Bertz CT molecular complexity index is 187. The Labute approximate surface area is 81.8 Å². The van der Waals surface area contributed by atoms with E-state index in [1.165, 1.54) is 12.2 Å². The van der Waals surface area contributed by atoms with Crippen LogP contribution < -0.4 is 5.32 Å². The van der Waals surface area contributed by atoms with Crippen molar-refractivity contribution in [2.45, 2.75) is 13.0 Å². The average Bonchev–Trinajstić information content (AvgIpc) is 2.57. The van der Waals surface area contributed by atoms with Crippen molar-refractivity contribution >= 4 is 23.1 Å². The second-order valence-electron chi connectivity index (χ2n) is 2.50. The molecule has 0 unspecified atom stereocenters. The lowest BCUT2D eigenvalue weighted by Crippen LogP contribution is -2.15. The SMILES string of the molecule is CSCCCNCc1cscn1. The number of nitrogens with zero attached hydrogens (tertiary/aromatic N) is 1. The molecule has 4 heteroatoms. The molecule has 1 aromatic rings. The molecule has 0 spiro atoms. The van der Waals surface area contributed by atoms with Gasteiger partial charge in [0.15, 0.2) is 0 Å². The van der Waals surface area contributed by atoms with Crippen LogP contribution in [0.4, 0.5) is 0 Å². The van der Waals surface area contributed by atoms with Crippen molar-refractivity contribution in [2.75, 3.05) is 18.6 Å². The standard InChI is InChI=1S/C8H14N2S2/c1-11-4-2-3-9-5-8-6-12-7-10-8/h6-7,9H,2-5H2,1H3. The molecule has 68 valence electrons. The number of thiazole rings is 1. The molecule has 0 fully saturated rings. The summed E-state index contributed by atoms with van der Waals surface area (Å²) in [6, 6.07) is 0. The predicted octanol–water partition coefficient (Wildman–Crippen LogP) is 1.99. The summed E-state index contributed by atoms with van der Waals surface area (Å²) < 4.78 is 0.